The Morgan fingerprint density at radius 1 is 0.962 bits per heavy atom. The Balaban J connectivity index is 1.45. The quantitative estimate of drug-likeness (QED) is 0.764. The highest BCUT2D eigenvalue weighted by Gasteiger charge is 2.18. The molecule has 0 unspecified atom stereocenters. The zero-order chi connectivity index (χ0) is 17.9. The van der Waals surface area contributed by atoms with Crippen LogP contribution >= 0.6 is 11.6 Å². The number of hydrogen-bond acceptors (Lipinski definition) is 4. The van der Waals surface area contributed by atoms with Crippen molar-refractivity contribution in [2.24, 2.45) is 0 Å². The zero-order valence-corrected chi connectivity index (χ0v) is 14.8. The van der Waals surface area contributed by atoms with Crippen LogP contribution in [0.3, 0.4) is 0 Å². The van der Waals surface area contributed by atoms with Gasteiger partial charge in [0.1, 0.15) is 0 Å². The van der Waals surface area contributed by atoms with Crippen molar-refractivity contribution >= 4 is 29.0 Å². The van der Waals surface area contributed by atoms with Crippen LogP contribution in [0.4, 0.5) is 11.5 Å². The molecule has 0 fully saturated rings. The molecule has 0 radical (unpaired) electrons. The third kappa shape index (κ3) is 3.53. The second-order valence-corrected chi connectivity index (χ2v) is 6.61. The van der Waals surface area contributed by atoms with E-state index in [2.05, 4.69) is 44.7 Å². The Labute approximate surface area is 156 Å². The number of rotatable bonds is 3. The number of benzene rings is 2. The Morgan fingerprint density at radius 3 is 2.46 bits per heavy atom. The maximum absolute atomic E-state index is 12.3. The largest absolute Gasteiger partial charge is 0.350 e. The first kappa shape index (κ1) is 16.5. The predicted octanol–water partition coefficient (Wildman–Crippen LogP) is 3.95. The van der Waals surface area contributed by atoms with Crippen molar-refractivity contribution in [2.45, 2.75) is 13.0 Å². The van der Waals surface area contributed by atoms with Crippen molar-refractivity contribution in [1.29, 1.82) is 0 Å². The van der Waals surface area contributed by atoms with Crippen LogP contribution in [0.15, 0.2) is 60.7 Å². The summed E-state index contributed by atoms with van der Waals surface area (Å²) in [5, 5.41) is 11.7. The molecule has 0 aliphatic carbocycles. The summed E-state index contributed by atoms with van der Waals surface area (Å²) in [6, 6.07) is 18.9. The number of aromatic nitrogens is 2. The van der Waals surface area contributed by atoms with Gasteiger partial charge in [0, 0.05) is 23.8 Å². The summed E-state index contributed by atoms with van der Waals surface area (Å²) in [4.78, 5) is 14.5. The van der Waals surface area contributed by atoms with Gasteiger partial charge in [-0.05, 0) is 53.9 Å². The molecular weight excluding hydrogens is 348 g/mol. The Morgan fingerprint density at radius 2 is 1.73 bits per heavy atom. The lowest BCUT2D eigenvalue weighted by Gasteiger charge is -2.29. The third-order valence-electron chi connectivity index (χ3n) is 4.44. The van der Waals surface area contributed by atoms with Crippen molar-refractivity contribution in [3.63, 3.8) is 0 Å². The summed E-state index contributed by atoms with van der Waals surface area (Å²) >= 11 is 5.85. The van der Waals surface area contributed by atoms with Crippen LogP contribution in [0.25, 0.3) is 0 Å². The molecule has 1 N–H and O–H groups in total. The standard InChI is InChI=1S/C20H17ClN4O/c21-16-5-7-17(8-6-16)22-20(26)18-9-10-19(24-23-18)25-12-11-14-3-1-2-4-15(14)13-25/h1-10H,11-13H2,(H,22,26). The number of carbonyl (C=O) groups excluding carboxylic acids is 1. The number of halogens is 1. The van der Waals surface area contributed by atoms with Crippen LogP contribution in [0.1, 0.15) is 21.6 Å². The fourth-order valence-corrected chi connectivity index (χ4v) is 3.16. The van der Waals surface area contributed by atoms with Gasteiger partial charge in [-0.15, -0.1) is 10.2 Å². The van der Waals surface area contributed by atoms with E-state index in [0.29, 0.717) is 10.7 Å². The summed E-state index contributed by atoms with van der Waals surface area (Å²) in [6.07, 6.45) is 0.983. The Hall–Kier alpha value is -2.92. The average Bonchev–Trinajstić information content (AvgIpc) is 2.69. The van der Waals surface area contributed by atoms with Gasteiger partial charge in [-0.2, -0.15) is 0 Å². The van der Waals surface area contributed by atoms with E-state index in [1.807, 2.05) is 6.07 Å². The van der Waals surface area contributed by atoms with Crippen LogP contribution in [0.5, 0.6) is 0 Å². The molecule has 1 aromatic heterocycles. The summed E-state index contributed by atoms with van der Waals surface area (Å²) in [5.41, 5.74) is 3.64. The molecule has 0 atom stereocenters. The minimum absolute atomic E-state index is 0.279. The van der Waals surface area contributed by atoms with Crippen LogP contribution in [0.2, 0.25) is 5.02 Å². The maximum atomic E-state index is 12.3. The summed E-state index contributed by atoms with van der Waals surface area (Å²) in [6.45, 7) is 1.70. The molecule has 130 valence electrons. The minimum Gasteiger partial charge on any atom is -0.350 e. The molecule has 0 spiro atoms. The van der Waals surface area contributed by atoms with Crippen molar-refractivity contribution in [3.8, 4) is 0 Å². The van der Waals surface area contributed by atoms with E-state index >= 15 is 0 Å². The van der Waals surface area contributed by atoms with Crippen LogP contribution in [0, 0.1) is 0 Å². The van der Waals surface area contributed by atoms with Crippen LogP contribution < -0.4 is 10.2 Å². The van der Waals surface area contributed by atoms with E-state index in [9.17, 15) is 4.79 Å². The second-order valence-electron chi connectivity index (χ2n) is 6.18. The summed E-state index contributed by atoms with van der Waals surface area (Å²) < 4.78 is 0. The van der Waals surface area contributed by atoms with Gasteiger partial charge >= 0.3 is 0 Å². The van der Waals surface area contributed by atoms with E-state index in [1.54, 1.807) is 30.3 Å². The summed E-state index contributed by atoms with van der Waals surface area (Å²) in [7, 11) is 0. The van der Waals surface area contributed by atoms with Crippen molar-refractivity contribution in [3.05, 3.63) is 82.5 Å². The Kier molecular flexibility index (Phi) is 4.54. The van der Waals surface area contributed by atoms with E-state index in [1.165, 1.54) is 11.1 Å². The smallest absolute Gasteiger partial charge is 0.276 e. The number of nitrogens with zero attached hydrogens (tertiary/aromatic N) is 3. The van der Waals surface area contributed by atoms with Gasteiger partial charge in [0.15, 0.2) is 11.5 Å². The third-order valence-corrected chi connectivity index (χ3v) is 4.69. The fourth-order valence-electron chi connectivity index (χ4n) is 3.03. The molecule has 4 rings (SSSR count). The maximum Gasteiger partial charge on any atom is 0.276 e. The van der Waals surface area contributed by atoms with Gasteiger partial charge in [0.05, 0.1) is 0 Å². The van der Waals surface area contributed by atoms with Gasteiger partial charge in [-0.1, -0.05) is 35.9 Å². The van der Waals surface area contributed by atoms with Gasteiger partial charge in [-0.25, -0.2) is 0 Å². The lowest BCUT2D eigenvalue weighted by atomic mass is 10.00. The number of hydrogen-bond donors (Lipinski definition) is 1. The van der Waals surface area contributed by atoms with E-state index in [0.717, 1.165) is 25.3 Å². The molecule has 6 heteroatoms. The van der Waals surface area contributed by atoms with Gasteiger partial charge in [0.2, 0.25) is 0 Å². The normalized spacial score (nSPS) is 13.2. The highest BCUT2D eigenvalue weighted by molar-refractivity contribution is 6.30. The molecule has 0 saturated heterocycles. The lowest BCUT2D eigenvalue weighted by molar-refractivity contribution is 0.102. The molecule has 1 amide bonds. The number of fused-ring (bicyclic) bond motifs is 1. The number of amides is 1. The van der Waals surface area contributed by atoms with E-state index in [-0.39, 0.29) is 11.6 Å². The highest BCUT2D eigenvalue weighted by Crippen LogP contribution is 2.22. The molecule has 26 heavy (non-hydrogen) atoms. The van der Waals surface area contributed by atoms with E-state index in [4.69, 9.17) is 11.6 Å². The lowest BCUT2D eigenvalue weighted by Crippen LogP contribution is -2.31. The van der Waals surface area contributed by atoms with Crippen molar-refractivity contribution in [1.82, 2.24) is 10.2 Å². The van der Waals surface area contributed by atoms with Crippen LogP contribution in [-0.4, -0.2) is 22.6 Å². The molecule has 0 bridgehead atoms. The van der Waals surface area contributed by atoms with Crippen molar-refractivity contribution in [2.75, 3.05) is 16.8 Å². The first-order valence-electron chi connectivity index (χ1n) is 8.41. The molecule has 1 aliphatic rings. The Bertz CT molecular complexity index is 925. The minimum atomic E-state index is -0.296. The van der Waals surface area contributed by atoms with Crippen molar-refractivity contribution < 1.29 is 4.79 Å². The van der Waals surface area contributed by atoms with Crippen LogP contribution in [-0.2, 0) is 13.0 Å². The molecule has 2 heterocycles. The van der Waals surface area contributed by atoms with Gasteiger partial charge < -0.3 is 10.2 Å². The first-order chi connectivity index (χ1) is 12.7. The molecular formula is C20H17ClN4O. The number of nitrogens with one attached hydrogen (secondary N) is 1. The highest BCUT2D eigenvalue weighted by atomic mass is 35.5. The first-order valence-corrected chi connectivity index (χ1v) is 8.79. The van der Waals surface area contributed by atoms with Gasteiger partial charge in [-0.3, -0.25) is 4.79 Å². The molecule has 3 aromatic rings. The topological polar surface area (TPSA) is 58.1 Å². The average molecular weight is 365 g/mol. The second kappa shape index (κ2) is 7.14. The molecule has 1 aliphatic heterocycles. The molecule has 5 nitrogen and oxygen atoms in total. The molecule has 2 aromatic carbocycles. The predicted molar refractivity (Wildman–Crippen MR) is 103 cm³/mol. The van der Waals surface area contributed by atoms with Gasteiger partial charge in [0.25, 0.3) is 5.91 Å². The summed E-state index contributed by atoms with van der Waals surface area (Å²) in [5.74, 6) is 0.484. The number of carbonyl (C=O) groups is 1. The molecule has 0 saturated carbocycles. The fraction of sp³-hybridized carbons (Fsp3) is 0.150. The monoisotopic (exact) mass is 364 g/mol. The zero-order valence-electron chi connectivity index (χ0n) is 14.0. The van der Waals surface area contributed by atoms with E-state index < -0.39 is 0 Å². The SMILES string of the molecule is O=C(Nc1ccc(Cl)cc1)c1ccc(N2CCc3ccccc3C2)nn1. The number of anilines is 2.